The predicted molar refractivity (Wildman–Crippen MR) is 61.0 cm³/mol. The number of carboxylic acid groups (broad SMARTS) is 1. The van der Waals surface area contributed by atoms with Crippen molar-refractivity contribution in [3.8, 4) is 0 Å². The quantitative estimate of drug-likeness (QED) is 0.781. The summed E-state index contributed by atoms with van der Waals surface area (Å²) in [5, 5.41) is 9.21. The lowest BCUT2D eigenvalue weighted by Gasteiger charge is -2.45. The average molecular weight is 227 g/mol. The van der Waals surface area contributed by atoms with Crippen LogP contribution in [0.25, 0.3) is 0 Å². The summed E-state index contributed by atoms with van der Waals surface area (Å²) >= 11 is 0. The average Bonchev–Trinajstić information content (AvgIpc) is 2.15. The van der Waals surface area contributed by atoms with E-state index in [1.807, 2.05) is 20.8 Å². The Labute approximate surface area is 96.6 Å². The van der Waals surface area contributed by atoms with E-state index in [2.05, 4.69) is 0 Å². The van der Waals surface area contributed by atoms with Crippen molar-refractivity contribution in [3.63, 3.8) is 0 Å². The fraction of sp³-hybridized carbons (Fsp3) is 0.833. The first-order valence-corrected chi connectivity index (χ1v) is 5.88. The van der Waals surface area contributed by atoms with Gasteiger partial charge in [0.15, 0.2) is 0 Å². The smallest absolute Gasteiger partial charge is 0.308 e. The van der Waals surface area contributed by atoms with Gasteiger partial charge in [-0.3, -0.25) is 9.59 Å². The van der Waals surface area contributed by atoms with E-state index >= 15 is 0 Å². The van der Waals surface area contributed by atoms with E-state index in [1.54, 1.807) is 4.90 Å². The van der Waals surface area contributed by atoms with E-state index in [4.69, 9.17) is 0 Å². The lowest BCUT2D eigenvalue weighted by atomic mass is 9.80. The molecule has 1 aliphatic rings. The molecule has 3 unspecified atom stereocenters. The van der Waals surface area contributed by atoms with E-state index in [0.717, 1.165) is 6.42 Å². The van der Waals surface area contributed by atoms with E-state index in [-0.39, 0.29) is 23.9 Å². The Morgan fingerprint density at radius 3 is 2.25 bits per heavy atom. The van der Waals surface area contributed by atoms with Crippen molar-refractivity contribution in [1.29, 1.82) is 0 Å². The third kappa shape index (κ3) is 2.36. The molecule has 1 N–H and O–H groups in total. The van der Waals surface area contributed by atoms with Gasteiger partial charge in [0.05, 0.1) is 5.92 Å². The second kappa shape index (κ2) is 4.85. The Kier molecular flexibility index (Phi) is 3.94. The van der Waals surface area contributed by atoms with Gasteiger partial charge in [0.2, 0.25) is 5.91 Å². The van der Waals surface area contributed by atoms with Gasteiger partial charge in [-0.25, -0.2) is 0 Å². The molecule has 0 saturated carbocycles. The zero-order valence-corrected chi connectivity index (χ0v) is 10.4. The SMILES string of the molecule is CC(=O)N1C(C)CCC(C(=O)O)C1C(C)C. The standard InChI is InChI=1S/C12H21NO3/c1-7(2)11-10(12(15)16)6-5-8(3)13(11)9(4)14/h7-8,10-11H,5-6H2,1-4H3,(H,15,16). The second-order valence-corrected chi connectivity index (χ2v) is 5.03. The highest BCUT2D eigenvalue weighted by Gasteiger charge is 2.41. The number of amides is 1. The fourth-order valence-electron chi connectivity index (χ4n) is 2.79. The molecular formula is C12H21NO3. The summed E-state index contributed by atoms with van der Waals surface area (Å²) < 4.78 is 0. The minimum atomic E-state index is -0.781. The number of rotatable bonds is 2. The topological polar surface area (TPSA) is 57.6 Å². The monoisotopic (exact) mass is 227 g/mol. The highest BCUT2D eigenvalue weighted by atomic mass is 16.4. The number of nitrogens with zero attached hydrogens (tertiary/aromatic N) is 1. The maximum Gasteiger partial charge on any atom is 0.308 e. The van der Waals surface area contributed by atoms with Crippen LogP contribution < -0.4 is 0 Å². The maximum atomic E-state index is 11.6. The molecule has 1 rings (SSSR count). The third-order valence-electron chi connectivity index (χ3n) is 3.47. The van der Waals surface area contributed by atoms with Gasteiger partial charge in [0, 0.05) is 19.0 Å². The molecule has 0 aromatic heterocycles. The molecule has 0 radical (unpaired) electrons. The van der Waals surface area contributed by atoms with E-state index in [0.29, 0.717) is 6.42 Å². The minimum absolute atomic E-state index is 0.0165. The zero-order chi connectivity index (χ0) is 12.5. The summed E-state index contributed by atoms with van der Waals surface area (Å²) in [5.74, 6) is -1.04. The molecule has 1 amide bonds. The molecular weight excluding hydrogens is 206 g/mol. The first kappa shape index (κ1) is 13.0. The minimum Gasteiger partial charge on any atom is -0.481 e. The molecule has 3 atom stereocenters. The largest absolute Gasteiger partial charge is 0.481 e. The van der Waals surface area contributed by atoms with Crippen molar-refractivity contribution in [3.05, 3.63) is 0 Å². The summed E-state index contributed by atoms with van der Waals surface area (Å²) in [4.78, 5) is 24.6. The molecule has 4 heteroatoms. The van der Waals surface area contributed by atoms with Gasteiger partial charge in [0.1, 0.15) is 0 Å². The van der Waals surface area contributed by atoms with Gasteiger partial charge in [-0.2, -0.15) is 0 Å². The molecule has 0 bridgehead atoms. The van der Waals surface area contributed by atoms with Crippen molar-refractivity contribution < 1.29 is 14.7 Å². The van der Waals surface area contributed by atoms with E-state index in [9.17, 15) is 14.7 Å². The number of piperidine rings is 1. The van der Waals surface area contributed by atoms with E-state index < -0.39 is 11.9 Å². The molecule has 1 saturated heterocycles. The van der Waals surface area contributed by atoms with Crippen LogP contribution in [0.15, 0.2) is 0 Å². The normalized spacial score (nSPS) is 30.6. The van der Waals surface area contributed by atoms with Crippen molar-refractivity contribution in [2.45, 2.75) is 52.6 Å². The highest BCUT2D eigenvalue weighted by Crippen LogP contribution is 2.32. The molecule has 1 aliphatic heterocycles. The summed E-state index contributed by atoms with van der Waals surface area (Å²) in [6.45, 7) is 7.48. The summed E-state index contributed by atoms with van der Waals surface area (Å²) in [7, 11) is 0. The fourth-order valence-corrected chi connectivity index (χ4v) is 2.79. The molecule has 0 aromatic rings. The molecule has 92 valence electrons. The van der Waals surface area contributed by atoms with Crippen molar-refractivity contribution in [2.24, 2.45) is 11.8 Å². The van der Waals surface area contributed by atoms with Gasteiger partial charge in [-0.05, 0) is 25.7 Å². The third-order valence-corrected chi connectivity index (χ3v) is 3.47. The van der Waals surface area contributed by atoms with Crippen LogP contribution in [0.5, 0.6) is 0 Å². The molecule has 4 nitrogen and oxygen atoms in total. The van der Waals surface area contributed by atoms with Crippen LogP contribution in [0.2, 0.25) is 0 Å². The number of carboxylic acids is 1. The van der Waals surface area contributed by atoms with Crippen molar-refractivity contribution in [2.75, 3.05) is 0 Å². The lowest BCUT2D eigenvalue weighted by molar-refractivity contribution is -0.153. The highest BCUT2D eigenvalue weighted by molar-refractivity contribution is 5.77. The van der Waals surface area contributed by atoms with Gasteiger partial charge >= 0.3 is 5.97 Å². The van der Waals surface area contributed by atoms with Gasteiger partial charge in [0.25, 0.3) is 0 Å². The first-order valence-electron chi connectivity index (χ1n) is 5.88. The van der Waals surface area contributed by atoms with Crippen molar-refractivity contribution in [1.82, 2.24) is 4.90 Å². The predicted octanol–water partition coefficient (Wildman–Crippen LogP) is 1.74. The Morgan fingerprint density at radius 2 is 1.88 bits per heavy atom. The Morgan fingerprint density at radius 1 is 1.31 bits per heavy atom. The van der Waals surface area contributed by atoms with Crippen LogP contribution in [-0.4, -0.2) is 34.0 Å². The number of carbonyl (C=O) groups is 2. The maximum absolute atomic E-state index is 11.6. The molecule has 16 heavy (non-hydrogen) atoms. The first-order chi connectivity index (χ1) is 7.36. The van der Waals surface area contributed by atoms with Crippen molar-refractivity contribution >= 4 is 11.9 Å². The van der Waals surface area contributed by atoms with Gasteiger partial charge < -0.3 is 10.0 Å². The summed E-state index contributed by atoms with van der Waals surface area (Å²) in [5.41, 5.74) is 0. The molecule has 0 spiro atoms. The van der Waals surface area contributed by atoms with Gasteiger partial charge in [-0.1, -0.05) is 13.8 Å². The van der Waals surface area contributed by atoms with Gasteiger partial charge in [-0.15, -0.1) is 0 Å². The molecule has 1 heterocycles. The number of hydrogen-bond donors (Lipinski definition) is 1. The lowest BCUT2D eigenvalue weighted by Crippen LogP contribution is -2.56. The molecule has 0 aliphatic carbocycles. The molecule has 1 fully saturated rings. The zero-order valence-electron chi connectivity index (χ0n) is 10.4. The van der Waals surface area contributed by atoms with Crippen LogP contribution in [0.1, 0.15) is 40.5 Å². The second-order valence-electron chi connectivity index (χ2n) is 5.03. The van der Waals surface area contributed by atoms with E-state index in [1.165, 1.54) is 6.92 Å². The van der Waals surface area contributed by atoms with Crippen LogP contribution >= 0.6 is 0 Å². The Hall–Kier alpha value is -1.06. The van der Waals surface area contributed by atoms with Crippen LogP contribution in [0, 0.1) is 11.8 Å². The summed E-state index contributed by atoms with van der Waals surface area (Å²) in [6.07, 6.45) is 1.45. The van der Waals surface area contributed by atoms with Crippen LogP contribution in [-0.2, 0) is 9.59 Å². The number of aliphatic carboxylic acids is 1. The number of hydrogen-bond acceptors (Lipinski definition) is 2. The Balaban J connectivity index is 3.01. The van der Waals surface area contributed by atoms with Crippen LogP contribution in [0.4, 0.5) is 0 Å². The van der Waals surface area contributed by atoms with Crippen LogP contribution in [0.3, 0.4) is 0 Å². The number of carbonyl (C=O) groups excluding carboxylic acids is 1. The summed E-state index contributed by atoms with van der Waals surface area (Å²) in [6, 6.07) is -0.0146. The Bertz CT molecular complexity index is 288. The molecule has 0 aromatic carbocycles. The number of likely N-dealkylation sites (tertiary alicyclic amines) is 1.